The van der Waals surface area contributed by atoms with E-state index >= 15 is 0 Å². The molecule has 0 aliphatic rings. The zero-order valence-corrected chi connectivity index (χ0v) is 12.3. The fourth-order valence-electron chi connectivity index (χ4n) is 1.91. The molecule has 1 amide bonds. The second-order valence-corrected chi connectivity index (χ2v) is 5.01. The molecule has 0 fully saturated rings. The molecule has 5 nitrogen and oxygen atoms in total. The number of aromatic nitrogens is 3. The standard InChI is InChI=1S/C14H17ClN4O/c1-3-4-12-5-11(6-13(15)18-12)14(20)16-7-10-8-17-19(2)9-10/h5-6,8-9H,3-4,7H2,1-2H3,(H,16,20). The van der Waals surface area contributed by atoms with E-state index in [0.717, 1.165) is 24.1 Å². The number of amides is 1. The molecule has 0 unspecified atom stereocenters. The Morgan fingerprint density at radius 3 is 2.90 bits per heavy atom. The van der Waals surface area contributed by atoms with Crippen LogP contribution in [0.25, 0.3) is 0 Å². The van der Waals surface area contributed by atoms with Crippen LogP contribution in [0, 0.1) is 0 Å². The van der Waals surface area contributed by atoms with Gasteiger partial charge in [0.2, 0.25) is 0 Å². The number of hydrogen-bond acceptors (Lipinski definition) is 3. The highest BCUT2D eigenvalue weighted by Gasteiger charge is 2.09. The summed E-state index contributed by atoms with van der Waals surface area (Å²) in [5.41, 5.74) is 2.33. The van der Waals surface area contributed by atoms with Gasteiger partial charge in [0.25, 0.3) is 5.91 Å². The van der Waals surface area contributed by atoms with Crippen molar-refractivity contribution in [2.45, 2.75) is 26.3 Å². The van der Waals surface area contributed by atoms with Gasteiger partial charge in [-0.1, -0.05) is 24.9 Å². The van der Waals surface area contributed by atoms with Gasteiger partial charge in [0, 0.05) is 36.6 Å². The van der Waals surface area contributed by atoms with Gasteiger partial charge < -0.3 is 5.32 Å². The number of nitrogens with zero attached hydrogens (tertiary/aromatic N) is 3. The number of halogens is 1. The van der Waals surface area contributed by atoms with Crippen molar-refractivity contribution in [3.8, 4) is 0 Å². The maximum Gasteiger partial charge on any atom is 0.251 e. The molecule has 0 atom stereocenters. The maximum absolute atomic E-state index is 12.1. The van der Waals surface area contributed by atoms with Crippen LogP contribution in [0.4, 0.5) is 0 Å². The molecule has 0 saturated carbocycles. The minimum Gasteiger partial charge on any atom is -0.348 e. The third-order valence-electron chi connectivity index (χ3n) is 2.83. The van der Waals surface area contributed by atoms with Gasteiger partial charge in [-0.2, -0.15) is 5.10 Å². The molecule has 2 aromatic rings. The van der Waals surface area contributed by atoms with Gasteiger partial charge in [0.05, 0.1) is 6.20 Å². The average Bonchev–Trinajstić information content (AvgIpc) is 2.81. The lowest BCUT2D eigenvalue weighted by molar-refractivity contribution is 0.0950. The molecule has 0 saturated heterocycles. The van der Waals surface area contributed by atoms with E-state index in [-0.39, 0.29) is 5.91 Å². The van der Waals surface area contributed by atoms with E-state index in [4.69, 9.17) is 11.6 Å². The van der Waals surface area contributed by atoms with E-state index in [1.165, 1.54) is 0 Å². The lowest BCUT2D eigenvalue weighted by Gasteiger charge is -2.06. The Morgan fingerprint density at radius 2 is 2.25 bits per heavy atom. The van der Waals surface area contributed by atoms with Gasteiger partial charge in [0.15, 0.2) is 0 Å². The van der Waals surface area contributed by atoms with Crippen molar-refractivity contribution in [2.75, 3.05) is 0 Å². The quantitative estimate of drug-likeness (QED) is 0.861. The Hall–Kier alpha value is -1.88. The summed E-state index contributed by atoms with van der Waals surface area (Å²) in [5, 5.41) is 7.25. The van der Waals surface area contributed by atoms with Gasteiger partial charge in [-0.3, -0.25) is 9.48 Å². The van der Waals surface area contributed by atoms with Gasteiger partial charge in [-0.25, -0.2) is 4.98 Å². The molecule has 0 aliphatic heterocycles. The molecule has 0 bridgehead atoms. The van der Waals surface area contributed by atoms with E-state index in [1.807, 2.05) is 13.2 Å². The van der Waals surface area contributed by atoms with Crippen molar-refractivity contribution >= 4 is 17.5 Å². The third-order valence-corrected chi connectivity index (χ3v) is 3.02. The summed E-state index contributed by atoms with van der Waals surface area (Å²) in [7, 11) is 1.84. The zero-order valence-electron chi connectivity index (χ0n) is 11.6. The molecule has 0 aromatic carbocycles. The highest BCUT2D eigenvalue weighted by Crippen LogP contribution is 2.12. The molecule has 2 rings (SSSR count). The fourth-order valence-corrected chi connectivity index (χ4v) is 2.14. The molecule has 2 aromatic heterocycles. The summed E-state index contributed by atoms with van der Waals surface area (Å²) in [4.78, 5) is 16.3. The summed E-state index contributed by atoms with van der Waals surface area (Å²) in [5.74, 6) is -0.157. The number of aryl methyl sites for hydroxylation is 2. The zero-order chi connectivity index (χ0) is 14.5. The van der Waals surface area contributed by atoms with Gasteiger partial charge in [0.1, 0.15) is 5.15 Å². The third kappa shape index (κ3) is 3.81. The van der Waals surface area contributed by atoms with E-state index in [1.54, 1.807) is 23.0 Å². The molecular weight excluding hydrogens is 276 g/mol. The van der Waals surface area contributed by atoms with Crippen molar-refractivity contribution in [1.29, 1.82) is 0 Å². The first-order chi connectivity index (χ1) is 9.58. The van der Waals surface area contributed by atoms with Crippen LogP contribution in [0.1, 0.15) is 35.0 Å². The lowest BCUT2D eigenvalue weighted by atomic mass is 10.1. The fraction of sp³-hybridized carbons (Fsp3) is 0.357. The van der Waals surface area contributed by atoms with E-state index in [0.29, 0.717) is 17.3 Å². The van der Waals surface area contributed by atoms with Crippen LogP contribution in [0.5, 0.6) is 0 Å². The highest BCUT2D eigenvalue weighted by molar-refractivity contribution is 6.29. The van der Waals surface area contributed by atoms with Crippen LogP contribution in [0.3, 0.4) is 0 Å². The number of nitrogens with one attached hydrogen (secondary N) is 1. The Balaban J connectivity index is 2.04. The molecule has 0 spiro atoms. The topological polar surface area (TPSA) is 59.8 Å². The van der Waals surface area contributed by atoms with E-state index in [2.05, 4.69) is 22.3 Å². The SMILES string of the molecule is CCCc1cc(C(=O)NCc2cnn(C)c2)cc(Cl)n1. The van der Waals surface area contributed by atoms with Gasteiger partial charge in [-0.05, 0) is 18.6 Å². The monoisotopic (exact) mass is 292 g/mol. The van der Waals surface area contributed by atoms with Crippen molar-refractivity contribution in [3.63, 3.8) is 0 Å². The summed E-state index contributed by atoms with van der Waals surface area (Å²) < 4.78 is 1.70. The Labute approximate surface area is 123 Å². The van der Waals surface area contributed by atoms with Crippen LogP contribution in [0.2, 0.25) is 5.15 Å². The largest absolute Gasteiger partial charge is 0.348 e. The second-order valence-electron chi connectivity index (χ2n) is 4.62. The first kappa shape index (κ1) is 14.5. The first-order valence-corrected chi connectivity index (χ1v) is 6.88. The van der Waals surface area contributed by atoms with Crippen LogP contribution in [-0.2, 0) is 20.0 Å². The van der Waals surface area contributed by atoms with E-state index < -0.39 is 0 Å². The lowest BCUT2D eigenvalue weighted by Crippen LogP contribution is -2.23. The normalized spacial score (nSPS) is 10.6. The number of carbonyl (C=O) groups is 1. The van der Waals surface area contributed by atoms with Crippen LogP contribution in [-0.4, -0.2) is 20.7 Å². The molecule has 106 valence electrons. The molecule has 0 radical (unpaired) electrons. The second kappa shape index (κ2) is 6.52. The average molecular weight is 293 g/mol. The number of rotatable bonds is 5. The predicted octanol–water partition coefficient (Wildman–Crippen LogP) is 2.35. The van der Waals surface area contributed by atoms with Gasteiger partial charge >= 0.3 is 0 Å². The molecule has 6 heteroatoms. The smallest absolute Gasteiger partial charge is 0.251 e. The van der Waals surface area contributed by atoms with Crippen LogP contribution < -0.4 is 5.32 Å². The minimum atomic E-state index is -0.157. The maximum atomic E-state index is 12.1. The van der Waals surface area contributed by atoms with E-state index in [9.17, 15) is 4.79 Å². The van der Waals surface area contributed by atoms with Crippen molar-refractivity contribution in [2.24, 2.45) is 7.05 Å². The predicted molar refractivity (Wildman–Crippen MR) is 77.6 cm³/mol. The number of pyridine rings is 1. The van der Waals surface area contributed by atoms with Crippen molar-refractivity contribution in [1.82, 2.24) is 20.1 Å². The summed E-state index contributed by atoms with van der Waals surface area (Å²) in [6.45, 7) is 2.50. The highest BCUT2D eigenvalue weighted by atomic mass is 35.5. The Kier molecular flexibility index (Phi) is 4.74. The minimum absolute atomic E-state index is 0.157. The molecule has 1 N–H and O–H groups in total. The molecule has 20 heavy (non-hydrogen) atoms. The van der Waals surface area contributed by atoms with Crippen molar-refractivity contribution < 1.29 is 4.79 Å². The number of carbonyl (C=O) groups excluding carboxylic acids is 1. The summed E-state index contributed by atoms with van der Waals surface area (Å²) in [6, 6.07) is 3.37. The summed E-state index contributed by atoms with van der Waals surface area (Å²) in [6.07, 6.45) is 5.36. The van der Waals surface area contributed by atoms with Crippen LogP contribution in [0.15, 0.2) is 24.5 Å². The first-order valence-electron chi connectivity index (χ1n) is 6.50. The summed E-state index contributed by atoms with van der Waals surface area (Å²) >= 11 is 5.95. The van der Waals surface area contributed by atoms with Crippen LogP contribution >= 0.6 is 11.6 Å². The van der Waals surface area contributed by atoms with Gasteiger partial charge in [-0.15, -0.1) is 0 Å². The molecule has 0 aliphatic carbocycles. The molecular formula is C14H17ClN4O. The van der Waals surface area contributed by atoms with Crippen molar-refractivity contribution in [3.05, 3.63) is 46.5 Å². The number of hydrogen-bond donors (Lipinski definition) is 1. The molecule has 2 heterocycles. The Morgan fingerprint density at radius 1 is 1.45 bits per heavy atom. The Bertz CT molecular complexity index is 609.